The van der Waals surface area contributed by atoms with E-state index in [1.165, 1.54) is 11.3 Å². The van der Waals surface area contributed by atoms with E-state index in [9.17, 15) is 8.42 Å². The number of hydrogen-bond acceptors (Lipinski definition) is 6. The molecular weight excluding hydrogens is 344 g/mol. The molecule has 0 N–H and O–H groups in total. The van der Waals surface area contributed by atoms with Crippen molar-refractivity contribution in [2.24, 2.45) is 0 Å². The number of sulfone groups is 1. The summed E-state index contributed by atoms with van der Waals surface area (Å²) in [6.07, 6.45) is 1.31. The Morgan fingerprint density at radius 2 is 1.96 bits per heavy atom. The van der Waals surface area contributed by atoms with E-state index >= 15 is 0 Å². The lowest BCUT2D eigenvalue weighted by Gasteiger charge is -2.08. The topological polar surface area (TPSA) is 73.1 Å². The van der Waals surface area contributed by atoms with E-state index in [1.807, 2.05) is 47.8 Å². The second-order valence-electron chi connectivity index (χ2n) is 5.53. The number of rotatable bonds is 7. The van der Waals surface area contributed by atoms with Crippen LogP contribution >= 0.6 is 11.3 Å². The molecule has 0 unspecified atom stereocenters. The van der Waals surface area contributed by atoms with Gasteiger partial charge < -0.3 is 4.52 Å². The average Bonchev–Trinajstić information content (AvgIpc) is 3.26. The Morgan fingerprint density at radius 3 is 2.67 bits per heavy atom. The molecule has 2 heterocycles. The van der Waals surface area contributed by atoms with Gasteiger partial charge in [0, 0.05) is 0 Å². The first-order valence-electron chi connectivity index (χ1n) is 7.69. The fraction of sp³-hybridized carbons (Fsp3) is 0.294. The third-order valence-corrected chi connectivity index (χ3v) is 6.81. The van der Waals surface area contributed by atoms with E-state index in [4.69, 9.17) is 4.52 Å². The molecule has 0 aliphatic rings. The molecule has 0 saturated carbocycles. The van der Waals surface area contributed by atoms with Crippen molar-refractivity contribution in [1.82, 2.24) is 10.1 Å². The molecule has 3 rings (SSSR count). The molecule has 7 heteroatoms. The second-order valence-corrected chi connectivity index (χ2v) is 8.92. The molecule has 3 aromatic rings. The number of benzene rings is 1. The van der Waals surface area contributed by atoms with Crippen molar-refractivity contribution >= 4 is 21.2 Å². The number of hydrogen-bond donors (Lipinski definition) is 0. The highest BCUT2D eigenvalue weighted by Gasteiger charge is 2.28. The maximum atomic E-state index is 12.5. The minimum Gasteiger partial charge on any atom is -0.338 e. The standard InChI is InChI=1S/C17H18N2O3S2/c1-13(17-18-16(19-22-17)15-10-5-11-23-15)24(20,21)12-6-9-14-7-3-2-4-8-14/h2-5,7-8,10-11,13H,6,9,12H2,1H3/t13-/m1/s1. The summed E-state index contributed by atoms with van der Waals surface area (Å²) in [5, 5.41) is 5.00. The predicted octanol–water partition coefficient (Wildman–Crippen LogP) is 3.91. The van der Waals surface area contributed by atoms with Gasteiger partial charge in [0.25, 0.3) is 0 Å². The highest BCUT2D eigenvalue weighted by Crippen LogP contribution is 2.26. The van der Waals surface area contributed by atoms with Gasteiger partial charge in [0.15, 0.2) is 9.84 Å². The van der Waals surface area contributed by atoms with Crippen molar-refractivity contribution in [2.45, 2.75) is 25.0 Å². The molecule has 0 amide bonds. The maximum absolute atomic E-state index is 12.5. The molecule has 0 aliphatic heterocycles. The quantitative estimate of drug-likeness (QED) is 0.637. The first kappa shape index (κ1) is 16.9. The van der Waals surface area contributed by atoms with Crippen molar-refractivity contribution in [3.05, 3.63) is 59.3 Å². The van der Waals surface area contributed by atoms with Gasteiger partial charge in [0.1, 0.15) is 5.25 Å². The van der Waals surface area contributed by atoms with E-state index in [0.29, 0.717) is 12.2 Å². The van der Waals surface area contributed by atoms with Gasteiger partial charge in [0.05, 0.1) is 10.6 Å². The lowest BCUT2D eigenvalue weighted by Crippen LogP contribution is -2.15. The van der Waals surface area contributed by atoms with E-state index in [2.05, 4.69) is 10.1 Å². The number of thiophene rings is 1. The first-order chi connectivity index (χ1) is 11.6. The fourth-order valence-corrected chi connectivity index (χ4v) is 4.31. The minimum atomic E-state index is -3.33. The lowest BCUT2D eigenvalue weighted by atomic mass is 10.1. The summed E-state index contributed by atoms with van der Waals surface area (Å²) in [5.74, 6) is 0.684. The zero-order valence-corrected chi connectivity index (χ0v) is 14.9. The molecule has 2 aromatic heterocycles. The van der Waals surface area contributed by atoms with Crippen LogP contribution in [0, 0.1) is 0 Å². The summed E-state index contributed by atoms with van der Waals surface area (Å²) in [5.41, 5.74) is 1.14. The molecule has 0 bridgehead atoms. The Morgan fingerprint density at radius 1 is 1.17 bits per heavy atom. The molecule has 0 fully saturated rings. The van der Waals surface area contributed by atoms with Gasteiger partial charge in [-0.2, -0.15) is 4.98 Å². The summed E-state index contributed by atoms with van der Waals surface area (Å²) in [4.78, 5) is 5.10. The largest absolute Gasteiger partial charge is 0.338 e. The SMILES string of the molecule is C[C@H](c1nc(-c2cccs2)no1)S(=O)(=O)CCCc1ccccc1. The van der Waals surface area contributed by atoms with E-state index < -0.39 is 15.1 Å². The Kier molecular flexibility index (Phi) is 5.11. The molecule has 5 nitrogen and oxygen atoms in total. The highest BCUT2D eigenvalue weighted by atomic mass is 32.2. The molecule has 126 valence electrons. The molecule has 0 spiro atoms. The summed E-state index contributed by atoms with van der Waals surface area (Å²) < 4.78 is 30.2. The smallest absolute Gasteiger partial charge is 0.245 e. The molecule has 0 aliphatic carbocycles. The average molecular weight is 362 g/mol. The van der Waals surface area contributed by atoms with Crippen molar-refractivity contribution < 1.29 is 12.9 Å². The zero-order valence-electron chi connectivity index (χ0n) is 13.3. The van der Waals surface area contributed by atoms with Crippen LogP contribution < -0.4 is 0 Å². The van der Waals surface area contributed by atoms with Gasteiger partial charge in [-0.05, 0) is 36.8 Å². The van der Waals surface area contributed by atoms with Crippen LogP contribution in [0.4, 0.5) is 0 Å². The van der Waals surface area contributed by atoms with Crippen LogP contribution in [0.15, 0.2) is 52.4 Å². The van der Waals surface area contributed by atoms with Crippen molar-refractivity contribution in [3.8, 4) is 10.7 Å². The van der Waals surface area contributed by atoms with Crippen LogP contribution in [-0.4, -0.2) is 24.3 Å². The van der Waals surface area contributed by atoms with Gasteiger partial charge in [-0.3, -0.25) is 0 Å². The monoisotopic (exact) mass is 362 g/mol. The predicted molar refractivity (Wildman–Crippen MR) is 94.6 cm³/mol. The van der Waals surface area contributed by atoms with Crippen LogP contribution in [0.1, 0.15) is 30.0 Å². The minimum absolute atomic E-state index is 0.0970. The Bertz CT molecular complexity index is 872. The first-order valence-corrected chi connectivity index (χ1v) is 10.3. The second kappa shape index (κ2) is 7.27. The van der Waals surface area contributed by atoms with Crippen molar-refractivity contribution in [3.63, 3.8) is 0 Å². The third kappa shape index (κ3) is 3.91. The molecule has 0 radical (unpaired) electrons. The molecule has 1 atom stereocenters. The normalized spacial score (nSPS) is 13.0. The van der Waals surface area contributed by atoms with Crippen LogP contribution in [0.3, 0.4) is 0 Å². The molecule has 0 saturated heterocycles. The Hall–Kier alpha value is -1.99. The highest BCUT2D eigenvalue weighted by molar-refractivity contribution is 7.91. The Labute approximate surface area is 145 Å². The van der Waals surface area contributed by atoms with Crippen LogP contribution in [0.25, 0.3) is 10.7 Å². The van der Waals surface area contributed by atoms with Crippen molar-refractivity contribution in [1.29, 1.82) is 0 Å². The molecule has 24 heavy (non-hydrogen) atoms. The molecular formula is C17H18N2O3S2. The van der Waals surface area contributed by atoms with Gasteiger partial charge in [-0.1, -0.05) is 41.6 Å². The van der Waals surface area contributed by atoms with Gasteiger partial charge in [-0.15, -0.1) is 11.3 Å². The van der Waals surface area contributed by atoms with E-state index in [1.54, 1.807) is 6.92 Å². The van der Waals surface area contributed by atoms with Crippen LogP contribution in [0.5, 0.6) is 0 Å². The fourth-order valence-electron chi connectivity index (χ4n) is 2.36. The lowest BCUT2D eigenvalue weighted by molar-refractivity contribution is 0.377. The zero-order chi connectivity index (χ0) is 17.0. The summed E-state index contributed by atoms with van der Waals surface area (Å²) in [6, 6.07) is 13.6. The van der Waals surface area contributed by atoms with Crippen LogP contribution in [-0.2, 0) is 16.3 Å². The summed E-state index contributed by atoms with van der Waals surface area (Å²) in [6.45, 7) is 1.60. The third-order valence-electron chi connectivity index (χ3n) is 3.81. The molecule has 1 aromatic carbocycles. The van der Waals surface area contributed by atoms with E-state index in [0.717, 1.165) is 16.9 Å². The van der Waals surface area contributed by atoms with E-state index in [-0.39, 0.29) is 11.6 Å². The number of nitrogens with zero attached hydrogens (tertiary/aromatic N) is 2. The number of aromatic nitrogens is 2. The number of aryl methyl sites for hydroxylation is 1. The van der Waals surface area contributed by atoms with Gasteiger partial charge >= 0.3 is 0 Å². The van der Waals surface area contributed by atoms with Gasteiger partial charge in [-0.25, -0.2) is 8.42 Å². The van der Waals surface area contributed by atoms with Crippen molar-refractivity contribution in [2.75, 3.05) is 5.75 Å². The maximum Gasteiger partial charge on any atom is 0.245 e. The van der Waals surface area contributed by atoms with Crippen LogP contribution in [0.2, 0.25) is 0 Å². The summed E-state index contributed by atoms with van der Waals surface area (Å²) >= 11 is 1.49. The van der Waals surface area contributed by atoms with Gasteiger partial charge in [0.2, 0.25) is 11.7 Å². The Balaban J connectivity index is 1.64. The summed E-state index contributed by atoms with van der Waals surface area (Å²) in [7, 11) is -3.33.